The van der Waals surface area contributed by atoms with Crippen LogP contribution in [0.15, 0.2) is 66.0 Å². The molecule has 0 saturated carbocycles. The molecule has 6 nitrogen and oxygen atoms in total. The Morgan fingerprint density at radius 2 is 2.13 bits per heavy atom. The average molecular weight is 307 g/mol. The minimum absolute atomic E-state index is 0.00804. The minimum atomic E-state index is -0.967. The fraction of sp³-hybridized carbons (Fsp3) is 0.118. The third kappa shape index (κ3) is 2.44. The molecule has 1 aromatic carbocycles. The standard InChI is InChI=1S/C17H13N3O3/c21-17(22)11-4-3-5-13(8-11)20-10-12(9-18-20)16-19-14-6-1-2-7-15(14)23-16/h1-10,14-15H,(H,21,22). The number of ether oxygens (including phenoxy) is 1. The highest BCUT2D eigenvalue weighted by Crippen LogP contribution is 2.23. The van der Waals surface area contributed by atoms with Crippen LogP contribution in [0.4, 0.5) is 0 Å². The zero-order valence-corrected chi connectivity index (χ0v) is 12.0. The second kappa shape index (κ2) is 5.24. The van der Waals surface area contributed by atoms with Gasteiger partial charge in [0.25, 0.3) is 0 Å². The molecule has 2 aromatic rings. The van der Waals surface area contributed by atoms with Crippen LogP contribution in [0, 0.1) is 0 Å². The number of allylic oxidation sites excluding steroid dienone is 2. The molecular formula is C17H13N3O3. The summed E-state index contributed by atoms with van der Waals surface area (Å²) in [7, 11) is 0. The maximum Gasteiger partial charge on any atom is 0.335 e. The first-order valence-corrected chi connectivity index (χ1v) is 7.19. The third-order valence-electron chi connectivity index (χ3n) is 3.76. The lowest BCUT2D eigenvalue weighted by atomic mass is 10.1. The lowest BCUT2D eigenvalue weighted by molar-refractivity contribution is 0.0697. The van der Waals surface area contributed by atoms with E-state index in [1.807, 2.05) is 24.3 Å². The normalized spacial score (nSPS) is 21.7. The molecule has 0 saturated heterocycles. The van der Waals surface area contributed by atoms with Crippen LogP contribution in [0.25, 0.3) is 5.69 Å². The number of aromatic carboxylic acids is 1. The van der Waals surface area contributed by atoms with Gasteiger partial charge in [-0.25, -0.2) is 14.5 Å². The molecule has 0 fully saturated rings. The Morgan fingerprint density at radius 1 is 1.26 bits per heavy atom. The Bertz CT molecular complexity index is 863. The molecule has 1 aromatic heterocycles. The second-order valence-electron chi connectivity index (χ2n) is 5.31. The number of aromatic nitrogens is 2. The summed E-state index contributed by atoms with van der Waals surface area (Å²) in [5.74, 6) is -0.415. The average Bonchev–Trinajstić information content (AvgIpc) is 3.21. The van der Waals surface area contributed by atoms with Gasteiger partial charge < -0.3 is 9.84 Å². The lowest BCUT2D eigenvalue weighted by Gasteiger charge is -2.12. The first kappa shape index (κ1) is 13.5. The van der Waals surface area contributed by atoms with Crippen LogP contribution >= 0.6 is 0 Å². The smallest absolute Gasteiger partial charge is 0.335 e. The monoisotopic (exact) mass is 307 g/mol. The van der Waals surface area contributed by atoms with Gasteiger partial charge in [0.2, 0.25) is 5.90 Å². The van der Waals surface area contributed by atoms with Crippen molar-refractivity contribution < 1.29 is 14.6 Å². The topological polar surface area (TPSA) is 76.7 Å². The molecule has 2 unspecified atom stereocenters. The fourth-order valence-electron chi connectivity index (χ4n) is 2.59. The van der Waals surface area contributed by atoms with Gasteiger partial charge >= 0.3 is 5.97 Å². The predicted octanol–water partition coefficient (Wildman–Crippen LogP) is 2.21. The second-order valence-corrected chi connectivity index (χ2v) is 5.31. The quantitative estimate of drug-likeness (QED) is 0.943. The number of hydrogen-bond donors (Lipinski definition) is 1. The third-order valence-corrected chi connectivity index (χ3v) is 3.76. The summed E-state index contributed by atoms with van der Waals surface area (Å²) in [4.78, 5) is 15.6. The van der Waals surface area contributed by atoms with Crippen molar-refractivity contribution in [1.82, 2.24) is 9.78 Å². The van der Waals surface area contributed by atoms with E-state index in [1.165, 1.54) is 0 Å². The summed E-state index contributed by atoms with van der Waals surface area (Å²) < 4.78 is 7.44. The van der Waals surface area contributed by atoms with Crippen LogP contribution in [0.1, 0.15) is 15.9 Å². The molecule has 0 radical (unpaired) electrons. The maximum atomic E-state index is 11.1. The van der Waals surface area contributed by atoms with Crippen LogP contribution in [-0.2, 0) is 4.74 Å². The molecule has 23 heavy (non-hydrogen) atoms. The van der Waals surface area contributed by atoms with E-state index in [4.69, 9.17) is 9.84 Å². The van der Waals surface area contributed by atoms with E-state index in [2.05, 4.69) is 10.1 Å². The van der Waals surface area contributed by atoms with Gasteiger partial charge in [-0.15, -0.1) is 0 Å². The largest absolute Gasteiger partial charge is 0.478 e. The summed E-state index contributed by atoms with van der Waals surface area (Å²) in [6, 6.07) is 6.61. The van der Waals surface area contributed by atoms with Crippen molar-refractivity contribution in [2.24, 2.45) is 4.99 Å². The van der Waals surface area contributed by atoms with Gasteiger partial charge in [0.15, 0.2) is 0 Å². The lowest BCUT2D eigenvalue weighted by Crippen LogP contribution is -2.19. The van der Waals surface area contributed by atoms with Gasteiger partial charge in [-0.3, -0.25) is 0 Å². The summed E-state index contributed by atoms with van der Waals surface area (Å²) >= 11 is 0. The number of aliphatic imine (C=N–C) groups is 1. The molecule has 2 atom stereocenters. The Hall–Kier alpha value is -3.15. The molecule has 6 heteroatoms. The Balaban J connectivity index is 1.63. The van der Waals surface area contributed by atoms with E-state index in [0.717, 1.165) is 5.56 Å². The molecular weight excluding hydrogens is 294 g/mol. The molecule has 0 bridgehead atoms. The Labute approximate surface area is 132 Å². The van der Waals surface area contributed by atoms with Crippen LogP contribution in [0.3, 0.4) is 0 Å². The van der Waals surface area contributed by atoms with Crippen LogP contribution in [-0.4, -0.2) is 38.9 Å². The highest BCUT2D eigenvalue weighted by molar-refractivity contribution is 5.95. The zero-order chi connectivity index (χ0) is 15.8. The van der Waals surface area contributed by atoms with Crippen molar-refractivity contribution in [3.63, 3.8) is 0 Å². The van der Waals surface area contributed by atoms with Gasteiger partial charge in [-0.2, -0.15) is 5.10 Å². The highest BCUT2D eigenvalue weighted by Gasteiger charge is 2.29. The fourth-order valence-corrected chi connectivity index (χ4v) is 2.59. The molecule has 114 valence electrons. The summed E-state index contributed by atoms with van der Waals surface area (Å²) in [5.41, 5.74) is 1.66. The number of carboxylic acid groups (broad SMARTS) is 1. The summed E-state index contributed by atoms with van der Waals surface area (Å²) in [5, 5.41) is 13.3. The minimum Gasteiger partial charge on any atom is -0.478 e. The number of carboxylic acids is 1. The van der Waals surface area contributed by atoms with Gasteiger partial charge in [-0.05, 0) is 24.3 Å². The van der Waals surface area contributed by atoms with Crippen molar-refractivity contribution in [2.45, 2.75) is 12.1 Å². The van der Waals surface area contributed by atoms with Gasteiger partial charge in [0, 0.05) is 6.20 Å². The van der Waals surface area contributed by atoms with Crippen molar-refractivity contribution in [1.29, 1.82) is 0 Å². The number of rotatable bonds is 3. The van der Waals surface area contributed by atoms with E-state index in [1.54, 1.807) is 41.3 Å². The van der Waals surface area contributed by atoms with Gasteiger partial charge in [0.05, 0.1) is 23.0 Å². The first-order valence-electron chi connectivity index (χ1n) is 7.19. The Morgan fingerprint density at radius 3 is 2.96 bits per heavy atom. The molecule has 0 amide bonds. The first-order chi connectivity index (χ1) is 11.2. The van der Waals surface area contributed by atoms with Crippen LogP contribution in [0.2, 0.25) is 0 Å². The molecule has 1 N–H and O–H groups in total. The number of carbonyl (C=O) groups is 1. The maximum absolute atomic E-state index is 11.1. The van der Waals surface area contributed by atoms with E-state index < -0.39 is 5.97 Å². The summed E-state index contributed by atoms with van der Waals surface area (Å²) in [6.45, 7) is 0. The van der Waals surface area contributed by atoms with Gasteiger partial charge in [0.1, 0.15) is 12.1 Å². The SMILES string of the molecule is O=C(O)c1cccc(-n2cc(C3=NC4C=CC=CC4O3)cn2)c1. The molecule has 2 heterocycles. The van der Waals surface area contributed by atoms with Crippen LogP contribution in [0.5, 0.6) is 0 Å². The highest BCUT2D eigenvalue weighted by atomic mass is 16.5. The summed E-state index contributed by atoms with van der Waals surface area (Å²) in [6.07, 6.45) is 11.3. The van der Waals surface area contributed by atoms with E-state index in [0.29, 0.717) is 11.6 Å². The van der Waals surface area contributed by atoms with E-state index in [-0.39, 0.29) is 17.7 Å². The number of benzene rings is 1. The van der Waals surface area contributed by atoms with Crippen molar-refractivity contribution in [2.75, 3.05) is 0 Å². The van der Waals surface area contributed by atoms with Crippen molar-refractivity contribution in [3.8, 4) is 5.69 Å². The number of nitrogens with zero attached hydrogens (tertiary/aromatic N) is 3. The predicted molar refractivity (Wildman–Crippen MR) is 84.0 cm³/mol. The van der Waals surface area contributed by atoms with Crippen molar-refractivity contribution in [3.05, 3.63) is 72.1 Å². The molecule has 4 rings (SSSR count). The molecule has 0 spiro atoms. The van der Waals surface area contributed by atoms with Gasteiger partial charge in [-0.1, -0.05) is 24.3 Å². The van der Waals surface area contributed by atoms with E-state index in [9.17, 15) is 4.79 Å². The Kier molecular flexibility index (Phi) is 3.08. The van der Waals surface area contributed by atoms with Crippen molar-refractivity contribution >= 4 is 11.9 Å². The number of fused-ring (bicyclic) bond motifs is 1. The molecule has 1 aliphatic heterocycles. The molecule has 2 aliphatic rings. The number of hydrogen-bond acceptors (Lipinski definition) is 4. The van der Waals surface area contributed by atoms with E-state index >= 15 is 0 Å². The zero-order valence-electron chi connectivity index (χ0n) is 12.0. The molecule has 1 aliphatic carbocycles. The van der Waals surface area contributed by atoms with Crippen LogP contribution < -0.4 is 0 Å².